The molecule has 0 N–H and O–H groups in total. The summed E-state index contributed by atoms with van der Waals surface area (Å²) in [7, 11) is 0. The van der Waals surface area contributed by atoms with Gasteiger partial charge in [-0.25, -0.2) is 0 Å². The van der Waals surface area contributed by atoms with Gasteiger partial charge in [0.15, 0.2) is 0 Å². The average molecular weight is 339 g/mol. The van der Waals surface area contributed by atoms with Crippen molar-refractivity contribution in [2.75, 3.05) is 0 Å². The summed E-state index contributed by atoms with van der Waals surface area (Å²) >= 11 is 9.21. The van der Waals surface area contributed by atoms with Gasteiger partial charge in [-0.3, -0.25) is 0 Å². The first-order valence-electron chi connectivity index (χ1n) is 5.63. The first-order chi connectivity index (χ1) is 9.28. The summed E-state index contributed by atoms with van der Waals surface area (Å²) in [6.07, 6.45) is 1.67. The molecule has 96 valence electrons. The van der Waals surface area contributed by atoms with E-state index in [4.69, 9.17) is 20.8 Å². The molecule has 0 atom stereocenters. The van der Waals surface area contributed by atoms with Crippen molar-refractivity contribution in [3.63, 3.8) is 0 Å². The van der Waals surface area contributed by atoms with E-state index in [1.807, 2.05) is 36.4 Å². The predicted octanol–water partition coefficient (Wildman–Crippen LogP) is 5.12. The van der Waals surface area contributed by atoms with Crippen LogP contribution in [0.1, 0.15) is 5.69 Å². The fourth-order valence-electron chi connectivity index (χ4n) is 1.78. The van der Waals surface area contributed by atoms with Gasteiger partial charge in [-0.2, -0.15) is 4.98 Å². The van der Waals surface area contributed by atoms with E-state index in [-0.39, 0.29) is 6.08 Å². The van der Waals surface area contributed by atoms with Crippen molar-refractivity contribution in [2.45, 2.75) is 5.88 Å². The normalized spacial score (nSPS) is 10.8. The molecule has 1 heterocycles. The van der Waals surface area contributed by atoms with Crippen LogP contribution in [-0.4, -0.2) is 4.98 Å². The van der Waals surface area contributed by atoms with Crippen molar-refractivity contribution >= 4 is 38.3 Å². The maximum Gasteiger partial charge on any atom is 0.399 e. The highest BCUT2D eigenvalue weighted by Gasteiger charge is 2.10. The smallest absolute Gasteiger partial charge is 0.399 e. The summed E-state index contributed by atoms with van der Waals surface area (Å²) < 4.78 is 11.7. The van der Waals surface area contributed by atoms with E-state index in [9.17, 15) is 0 Å². The molecule has 0 aliphatic rings. The topological polar surface area (TPSA) is 35.3 Å². The van der Waals surface area contributed by atoms with Crippen molar-refractivity contribution < 1.29 is 9.15 Å². The average Bonchev–Trinajstić information content (AvgIpc) is 2.90. The molecule has 1 aromatic heterocycles. The summed E-state index contributed by atoms with van der Waals surface area (Å²) in [5, 5.41) is 2.21. The van der Waals surface area contributed by atoms with E-state index in [0.717, 1.165) is 15.2 Å². The van der Waals surface area contributed by atoms with Gasteiger partial charge in [0, 0.05) is 0 Å². The minimum Gasteiger partial charge on any atom is -0.417 e. The second kappa shape index (κ2) is 5.23. The van der Waals surface area contributed by atoms with Crippen LogP contribution in [0.2, 0.25) is 0 Å². The van der Waals surface area contributed by atoms with E-state index in [0.29, 0.717) is 17.3 Å². The Balaban J connectivity index is 1.98. The van der Waals surface area contributed by atoms with Gasteiger partial charge in [-0.05, 0) is 32.8 Å². The van der Waals surface area contributed by atoms with Crippen molar-refractivity contribution in [1.82, 2.24) is 4.98 Å². The lowest BCUT2D eigenvalue weighted by atomic mass is 10.1. The lowest BCUT2D eigenvalue weighted by Gasteiger charge is -2.06. The quantitative estimate of drug-likeness (QED) is 0.622. The van der Waals surface area contributed by atoms with Crippen molar-refractivity contribution in [3.8, 4) is 11.8 Å². The Bertz CT molecular complexity index is 726. The van der Waals surface area contributed by atoms with Crippen LogP contribution in [0.25, 0.3) is 10.8 Å². The molecule has 5 heteroatoms. The molecule has 0 fully saturated rings. The van der Waals surface area contributed by atoms with E-state index >= 15 is 0 Å². The lowest BCUT2D eigenvalue weighted by Crippen LogP contribution is -1.87. The van der Waals surface area contributed by atoms with Gasteiger partial charge in [-0.1, -0.05) is 30.3 Å². The number of benzene rings is 2. The third-order valence-electron chi connectivity index (χ3n) is 2.69. The molecule has 0 radical (unpaired) electrons. The number of fused-ring (bicyclic) bond motifs is 1. The van der Waals surface area contributed by atoms with Gasteiger partial charge in [0.1, 0.15) is 12.0 Å². The number of hydrogen-bond acceptors (Lipinski definition) is 3. The van der Waals surface area contributed by atoms with Crippen LogP contribution < -0.4 is 4.74 Å². The molecule has 0 saturated heterocycles. The number of alkyl halides is 1. The molecule has 0 amide bonds. The maximum atomic E-state index is 5.67. The third kappa shape index (κ3) is 2.46. The van der Waals surface area contributed by atoms with Gasteiger partial charge < -0.3 is 9.15 Å². The Morgan fingerprint density at radius 2 is 2.05 bits per heavy atom. The zero-order chi connectivity index (χ0) is 13.2. The van der Waals surface area contributed by atoms with Crippen LogP contribution in [0.3, 0.4) is 0 Å². The van der Waals surface area contributed by atoms with Crippen LogP contribution in [0.5, 0.6) is 11.8 Å². The number of ether oxygens (including phenoxy) is 1. The number of halogens is 2. The number of nitrogens with zero attached hydrogens (tertiary/aromatic N) is 1. The minimum atomic E-state index is 0.187. The Morgan fingerprint density at radius 3 is 2.84 bits per heavy atom. The standard InChI is InChI=1S/C14H9BrClNO2/c15-13-11-4-2-1-3-9(11)5-6-12(13)19-14-17-10(7-16)8-18-14/h1-6,8H,7H2. The number of rotatable bonds is 3. The second-order valence-corrected chi connectivity index (χ2v) is 5.00. The minimum absolute atomic E-state index is 0.187. The van der Waals surface area contributed by atoms with Crippen LogP contribution in [-0.2, 0) is 5.88 Å². The highest BCUT2D eigenvalue weighted by molar-refractivity contribution is 9.10. The molecule has 3 rings (SSSR count). The SMILES string of the molecule is ClCc1coc(Oc2ccc3ccccc3c2Br)n1. The van der Waals surface area contributed by atoms with E-state index < -0.39 is 0 Å². The summed E-state index contributed by atoms with van der Waals surface area (Å²) in [6.45, 7) is 0. The summed E-state index contributed by atoms with van der Waals surface area (Å²) in [5.41, 5.74) is 0.647. The zero-order valence-corrected chi connectivity index (χ0v) is 12.1. The molecule has 0 bridgehead atoms. The van der Waals surface area contributed by atoms with Crippen molar-refractivity contribution in [2.24, 2.45) is 0 Å². The largest absolute Gasteiger partial charge is 0.417 e. The van der Waals surface area contributed by atoms with Crippen LogP contribution in [0.15, 0.2) is 51.6 Å². The van der Waals surface area contributed by atoms with Gasteiger partial charge in [0.05, 0.1) is 16.0 Å². The predicted molar refractivity (Wildman–Crippen MR) is 77.8 cm³/mol. The van der Waals surface area contributed by atoms with Gasteiger partial charge >= 0.3 is 6.08 Å². The fourth-order valence-corrected chi connectivity index (χ4v) is 2.48. The molecule has 19 heavy (non-hydrogen) atoms. The summed E-state index contributed by atoms with van der Waals surface area (Å²) in [6, 6.07) is 11.9. The van der Waals surface area contributed by atoms with Crippen molar-refractivity contribution in [3.05, 3.63) is 52.8 Å². The van der Waals surface area contributed by atoms with Crippen molar-refractivity contribution in [1.29, 1.82) is 0 Å². The molecule has 0 spiro atoms. The zero-order valence-electron chi connectivity index (χ0n) is 9.77. The summed E-state index contributed by atoms with van der Waals surface area (Å²) in [4.78, 5) is 4.10. The first kappa shape index (κ1) is 12.5. The van der Waals surface area contributed by atoms with Gasteiger partial charge in [-0.15, -0.1) is 11.6 Å². The maximum absolute atomic E-state index is 5.67. The molecule has 0 saturated carbocycles. The second-order valence-electron chi connectivity index (χ2n) is 3.94. The Labute approximate surface area is 123 Å². The van der Waals surface area contributed by atoms with Crippen LogP contribution >= 0.6 is 27.5 Å². The first-order valence-corrected chi connectivity index (χ1v) is 6.96. The highest BCUT2D eigenvalue weighted by Crippen LogP contribution is 2.35. The van der Waals surface area contributed by atoms with Crippen LogP contribution in [0.4, 0.5) is 0 Å². The molecule has 2 aromatic carbocycles. The number of hydrogen-bond donors (Lipinski definition) is 0. The molecule has 0 aliphatic carbocycles. The molecule has 0 aliphatic heterocycles. The summed E-state index contributed by atoms with van der Waals surface area (Å²) in [5.74, 6) is 0.952. The molecule has 0 unspecified atom stereocenters. The fraction of sp³-hybridized carbons (Fsp3) is 0.0714. The van der Waals surface area contributed by atoms with E-state index in [2.05, 4.69) is 20.9 Å². The number of aromatic nitrogens is 1. The van der Waals surface area contributed by atoms with E-state index in [1.165, 1.54) is 6.26 Å². The molecule has 3 nitrogen and oxygen atoms in total. The van der Waals surface area contributed by atoms with Crippen LogP contribution in [0, 0.1) is 0 Å². The van der Waals surface area contributed by atoms with E-state index in [1.54, 1.807) is 0 Å². The Morgan fingerprint density at radius 1 is 1.21 bits per heavy atom. The third-order valence-corrected chi connectivity index (χ3v) is 3.78. The Hall–Kier alpha value is -1.52. The molecular weight excluding hydrogens is 330 g/mol. The van der Waals surface area contributed by atoms with Gasteiger partial charge in [0.2, 0.25) is 0 Å². The lowest BCUT2D eigenvalue weighted by molar-refractivity contribution is 0.329. The van der Waals surface area contributed by atoms with Gasteiger partial charge in [0.25, 0.3) is 0 Å². The highest BCUT2D eigenvalue weighted by atomic mass is 79.9. The Kier molecular flexibility index (Phi) is 3.44. The number of oxazole rings is 1. The molecule has 3 aromatic rings. The monoisotopic (exact) mass is 337 g/mol. The molecular formula is C14H9BrClNO2.